The lowest BCUT2D eigenvalue weighted by molar-refractivity contribution is -0.231. The van der Waals surface area contributed by atoms with Crippen LogP contribution in [0.25, 0.3) is 22.1 Å². The number of aromatic hydroxyl groups is 1. The Morgan fingerprint density at radius 1 is 0.971 bits per heavy atom. The van der Waals surface area contributed by atoms with Gasteiger partial charge in [0.25, 0.3) is 0 Å². The maximum atomic E-state index is 13.2. The average molecular weight is 496 g/mol. The molecule has 182 valence electrons. The highest BCUT2D eigenvalue weighted by Gasteiger charge is 2.45. The summed E-state index contributed by atoms with van der Waals surface area (Å²) in [6.45, 7) is -0.682. The lowest BCUT2D eigenvalue weighted by Gasteiger charge is -2.40. The van der Waals surface area contributed by atoms with Crippen molar-refractivity contribution in [2.24, 2.45) is 0 Å². The van der Waals surface area contributed by atoms with Gasteiger partial charge in [-0.2, -0.15) is 8.42 Å². The Labute approximate surface area is 191 Å². The molecule has 1 saturated heterocycles. The lowest BCUT2D eigenvalue weighted by atomic mass is 9.89. The van der Waals surface area contributed by atoms with E-state index in [4.69, 9.17) is 13.7 Å². The molecule has 2 aromatic carbocycles. The molecule has 0 bridgehead atoms. The maximum absolute atomic E-state index is 13.2. The third-order valence-corrected chi connectivity index (χ3v) is 5.90. The molecular weight excluding hydrogens is 476 g/mol. The molecule has 1 aliphatic heterocycles. The number of hydrogen-bond donors (Lipinski definition) is 6. The number of benzene rings is 2. The van der Waals surface area contributed by atoms with Crippen LogP contribution in [0.4, 0.5) is 0 Å². The van der Waals surface area contributed by atoms with Crippen LogP contribution in [0.5, 0.6) is 11.5 Å². The van der Waals surface area contributed by atoms with Crippen LogP contribution in [0.1, 0.15) is 11.7 Å². The van der Waals surface area contributed by atoms with Crippen molar-refractivity contribution in [3.8, 4) is 22.6 Å². The molecule has 0 spiro atoms. The molecule has 0 amide bonds. The van der Waals surface area contributed by atoms with E-state index in [0.717, 1.165) is 6.26 Å². The van der Waals surface area contributed by atoms with E-state index in [9.17, 15) is 38.7 Å². The van der Waals surface area contributed by atoms with Gasteiger partial charge in [-0.3, -0.25) is 9.35 Å². The van der Waals surface area contributed by atoms with E-state index in [-0.39, 0.29) is 27.8 Å². The zero-order valence-corrected chi connectivity index (χ0v) is 18.0. The normalized spacial score (nSPS) is 25.4. The number of ether oxygens (including phenoxy) is 1. The molecule has 6 N–H and O–H groups in total. The molecule has 1 fully saturated rings. The lowest BCUT2D eigenvalue weighted by Crippen LogP contribution is -2.55. The molecule has 34 heavy (non-hydrogen) atoms. The number of phenolic OH excluding ortho intramolecular Hbond substituents is 1. The number of rotatable bonds is 5. The quantitative estimate of drug-likeness (QED) is 0.255. The van der Waals surface area contributed by atoms with Gasteiger partial charge in [0.1, 0.15) is 53.9 Å². The molecule has 3 aromatic rings. The first-order chi connectivity index (χ1) is 16.0. The van der Waals surface area contributed by atoms with Gasteiger partial charge < -0.3 is 38.9 Å². The highest BCUT2D eigenvalue weighted by atomic mass is 32.3. The molecule has 0 radical (unpaired) electrons. The van der Waals surface area contributed by atoms with E-state index in [1.807, 2.05) is 0 Å². The van der Waals surface area contributed by atoms with Crippen molar-refractivity contribution in [1.82, 2.24) is 0 Å². The van der Waals surface area contributed by atoms with Gasteiger partial charge in [-0.15, -0.1) is 0 Å². The smallest absolute Gasteiger partial charge is 0.446 e. The van der Waals surface area contributed by atoms with E-state index < -0.39 is 58.7 Å². The minimum Gasteiger partial charge on any atom is -0.507 e. The SMILES string of the molecule is O=c1c(-c2ccc(OS(=O)(=O)O)cc2)coc2c(C3OC(CO)C(O)C(O)C3O)c(O)ccc12. The largest absolute Gasteiger partial charge is 0.507 e. The van der Waals surface area contributed by atoms with E-state index in [2.05, 4.69) is 4.18 Å². The minimum absolute atomic E-state index is 0.0134. The van der Waals surface area contributed by atoms with Crippen LogP contribution >= 0.6 is 0 Å². The summed E-state index contributed by atoms with van der Waals surface area (Å²) < 4.78 is 45.8. The number of hydrogen-bond acceptors (Lipinski definition) is 11. The Morgan fingerprint density at radius 3 is 2.26 bits per heavy atom. The van der Waals surface area contributed by atoms with Gasteiger partial charge in [0.2, 0.25) is 5.43 Å². The van der Waals surface area contributed by atoms with E-state index in [1.165, 1.54) is 36.4 Å². The molecule has 4 rings (SSSR count). The highest BCUT2D eigenvalue weighted by Crippen LogP contribution is 2.40. The van der Waals surface area contributed by atoms with Crippen LogP contribution in [-0.4, -0.2) is 69.5 Å². The van der Waals surface area contributed by atoms with Crippen molar-refractivity contribution in [2.75, 3.05) is 6.61 Å². The van der Waals surface area contributed by atoms with Crippen molar-refractivity contribution < 1.29 is 51.8 Å². The molecule has 1 aromatic heterocycles. The van der Waals surface area contributed by atoms with Crippen molar-refractivity contribution in [3.63, 3.8) is 0 Å². The van der Waals surface area contributed by atoms with Gasteiger partial charge in [0.15, 0.2) is 0 Å². The van der Waals surface area contributed by atoms with Crippen LogP contribution in [0.3, 0.4) is 0 Å². The summed E-state index contributed by atoms with van der Waals surface area (Å²) in [6.07, 6.45) is -6.64. The Hall–Kier alpha value is -3.04. The molecule has 5 unspecified atom stereocenters. The van der Waals surface area contributed by atoms with Gasteiger partial charge in [-0.05, 0) is 29.8 Å². The Balaban J connectivity index is 1.79. The van der Waals surface area contributed by atoms with Gasteiger partial charge in [0, 0.05) is 0 Å². The summed E-state index contributed by atoms with van der Waals surface area (Å²) in [5.41, 5.74) is -0.466. The number of phenols is 1. The van der Waals surface area contributed by atoms with Crippen LogP contribution in [0.2, 0.25) is 0 Å². The van der Waals surface area contributed by atoms with Crippen LogP contribution in [-0.2, 0) is 15.1 Å². The molecule has 13 heteroatoms. The summed E-state index contributed by atoms with van der Waals surface area (Å²) in [5, 5.41) is 50.4. The third-order valence-electron chi connectivity index (χ3n) is 5.50. The van der Waals surface area contributed by atoms with E-state index >= 15 is 0 Å². The molecular formula is C21H20O12S. The summed E-state index contributed by atoms with van der Waals surface area (Å²) >= 11 is 0. The second kappa shape index (κ2) is 8.96. The second-order valence-corrected chi connectivity index (χ2v) is 8.66. The first-order valence-corrected chi connectivity index (χ1v) is 11.2. The van der Waals surface area contributed by atoms with Crippen molar-refractivity contribution in [3.05, 3.63) is 58.4 Å². The Morgan fingerprint density at radius 2 is 1.65 bits per heavy atom. The monoisotopic (exact) mass is 496 g/mol. The van der Waals surface area contributed by atoms with Gasteiger partial charge >= 0.3 is 10.4 Å². The third kappa shape index (κ3) is 4.37. The molecule has 2 heterocycles. The predicted molar refractivity (Wildman–Crippen MR) is 114 cm³/mol. The number of aliphatic hydroxyl groups excluding tert-OH is 4. The van der Waals surface area contributed by atoms with E-state index in [0.29, 0.717) is 5.56 Å². The first-order valence-electron chi connectivity index (χ1n) is 9.87. The average Bonchev–Trinajstić information content (AvgIpc) is 2.78. The fourth-order valence-electron chi connectivity index (χ4n) is 3.84. The fourth-order valence-corrected chi connectivity index (χ4v) is 4.19. The second-order valence-electron chi connectivity index (χ2n) is 7.64. The summed E-state index contributed by atoms with van der Waals surface area (Å²) in [7, 11) is -4.71. The first kappa shape index (κ1) is 24.1. The van der Waals surface area contributed by atoms with Crippen LogP contribution < -0.4 is 9.61 Å². The maximum Gasteiger partial charge on any atom is 0.446 e. The number of fused-ring (bicyclic) bond motifs is 1. The molecule has 0 aliphatic carbocycles. The summed E-state index contributed by atoms with van der Waals surface area (Å²) in [5.74, 6) is -0.606. The summed E-state index contributed by atoms with van der Waals surface area (Å²) in [4.78, 5) is 13.2. The Bertz CT molecular complexity index is 1360. The van der Waals surface area contributed by atoms with Crippen LogP contribution in [0, 0.1) is 0 Å². The Kier molecular flexibility index (Phi) is 6.35. The minimum atomic E-state index is -4.71. The molecule has 0 saturated carbocycles. The highest BCUT2D eigenvalue weighted by molar-refractivity contribution is 7.81. The molecule has 5 atom stereocenters. The molecule has 12 nitrogen and oxygen atoms in total. The van der Waals surface area contributed by atoms with Gasteiger partial charge in [-0.25, -0.2) is 0 Å². The predicted octanol–water partition coefficient (Wildman–Crippen LogP) is -0.138. The fraction of sp³-hybridized carbons (Fsp3) is 0.286. The van der Waals surface area contributed by atoms with Crippen molar-refractivity contribution in [2.45, 2.75) is 30.5 Å². The van der Waals surface area contributed by atoms with Gasteiger partial charge in [0.05, 0.1) is 23.1 Å². The van der Waals surface area contributed by atoms with Crippen molar-refractivity contribution >= 4 is 21.4 Å². The van der Waals surface area contributed by atoms with Crippen LogP contribution in [0.15, 0.2) is 51.9 Å². The number of aliphatic hydroxyl groups is 4. The standard InChI is InChI=1S/C21H20O12S/c22-7-14-17(25)18(26)19(27)21(32-14)15-13(23)6-5-11-16(24)12(8-31-20(11)15)9-1-3-10(4-2-9)33-34(28,29)30/h1-6,8,14,17-19,21-23,25-27H,7H2,(H,28,29,30). The van der Waals surface area contributed by atoms with E-state index in [1.54, 1.807) is 0 Å². The molecule has 1 aliphatic rings. The van der Waals surface area contributed by atoms with Crippen molar-refractivity contribution in [1.29, 1.82) is 0 Å². The topological polar surface area (TPSA) is 204 Å². The summed E-state index contributed by atoms with van der Waals surface area (Å²) in [6, 6.07) is 7.59. The van der Waals surface area contributed by atoms with Gasteiger partial charge in [-0.1, -0.05) is 12.1 Å². The zero-order valence-electron chi connectivity index (χ0n) is 17.2. The zero-order chi connectivity index (χ0) is 24.8.